The highest BCUT2D eigenvalue weighted by Crippen LogP contribution is 2.30. The molecule has 1 aromatic heterocycles. The van der Waals surface area contributed by atoms with E-state index in [0.717, 1.165) is 22.2 Å². The molecule has 0 atom stereocenters. The van der Waals surface area contributed by atoms with Gasteiger partial charge < -0.3 is 9.47 Å². The smallest absolute Gasteiger partial charge is 0.254 e. The van der Waals surface area contributed by atoms with Gasteiger partial charge in [-0.1, -0.05) is 36.4 Å². The Morgan fingerprint density at radius 3 is 2.43 bits per heavy atom. The van der Waals surface area contributed by atoms with E-state index in [1.54, 1.807) is 17.0 Å². The zero-order valence-electron chi connectivity index (χ0n) is 12.8. The molecule has 0 saturated heterocycles. The lowest BCUT2D eigenvalue weighted by molar-refractivity contribution is 0.0676. The molecule has 4 nitrogen and oxygen atoms in total. The van der Waals surface area contributed by atoms with E-state index < -0.39 is 0 Å². The van der Waals surface area contributed by atoms with E-state index >= 15 is 0 Å². The number of hydrogen-bond donors (Lipinski definition) is 0. The Bertz CT molecular complexity index is 925. The van der Waals surface area contributed by atoms with E-state index in [-0.39, 0.29) is 18.2 Å². The van der Waals surface area contributed by atoms with Gasteiger partial charge in [-0.05, 0) is 18.2 Å². The Kier molecular flexibility index (Phi) is 3.05. The predicted molar refractivity (Wildman–Crippen MR) is 88.4 cm³/mol. The monoisotopic (exact) mass is 304 g/mol. The molecule has 0 aliphatic carbocycles. The van der Waals surface area contributed by atoms with Crippen molar-refractivity contribution in [3.8, 4) is 0 Å². The minimum Gasteiger partial charge on any atom is -0.345 e. The van der Waals surface area contributed by atoms with Crippen molar-refractivity contribution in [2.24, 2.45) is 7.05 Å². The number of ketones is 1. The van der Waals surface area contributed by atoms with Crippen LogP contribution in [-0.2, 0) is 13.6 Å². The maximum absolute atomic E-state index is 12.7. The van der Waals surface area contributed by atoms with Crippen molar-refractivity contribution >= 4 is 22.6 Å². The Morgan fingerprint density at radius 1 is 0.957 bits per heavy atom. The van der Waals surface area contributed by atoms with Crippen LogP contribution in [0.3, 0.4) is 0 Å². The average molecular weight is 304 g/mol. The van der Waals surface area contributed by atoms with Crippen molar-refractivity contribution in [2.75, 3.05) is 6.54 Å². The molecule has 1 aliphatic rings. The van der Waals surface area contributed by atoms with Crippen LogP contribution in [0.15, 0.2) is 54.6 Å². The molecule has 23 heavy (non-hydrogen) atoms. The summed E-state index contributed by atoms with van der Waals surface area (Å²) in [7, 11) is 1.95. The fourth-order valence-corrected chi connectivity index (χ4v) is 3.34. The second kappa shape index (κ2) is 5.09. The Balaban J connectivity index is 1.78. The molecule has 114 valence electrons. The summed E-state index contributed by atoms with van der Waals surface area (Å²) in [5.74, 6) is -0.0952. The van der Waals surface area contributed by atoms with E-state index in [4.69, 9.17) is 0 Å². The van der Waals surface area contributed by atoms with Crippen molar-refractivity contribution in [1.82, 2.24) is 9.47 Å². The second-order valence-corrected chi connectivity index (χ2v) is 5.85. The number of para-hydroxylation sites is 1. The molecule has 1 aliphatic heterocycles. The lowest BCUT2D eigenvalue weighted by Gasteiger charge is -2.27. The topological polar surface area (TPSA) is 42.3 Å². The normalized spacial score (nSPS) is 14.1. The molecule has 4 heteroatoms. The largest absolute Gasteiger partial charge is 0.345 e. The van der Waals surface area contributed by atoms with Gasteiger partial charge in [0.25, 0.3) is 5.91 Å². The van der Waals surface area contributed by atoms with Gasteiger partial charge in [-0.25, -0.2) is 0 Å². The Hall–Kier alpha value is -2.88. The first-order chi connectivity index (χ1) is 11.2. The number of aryl methyl sites for hydroxylation is 1. The van der Waals surface area contributed by atoms with Gasteiger partial charge in [0.05, 0.1) is 18.7 Å². The zero-order chi connectivity index (χ0) is 16.0. The third-order valence-electron chi connectivity index (χ3n) is 4.49. The quantitative estimate of drug-likeness (QED) is 0.693. The maximum Gasteiger partial charge on any atom is 0.254 e. The number of fused-ring (bicyclic) bond motifs is 3. The molecule has 2 aromatic carbocycles. The summed E-state index contributed by atoms with van der Waals surface area (Å²) in [6.45, 7) is 0.592. The van der Waals surface area contributed by atoms with Crippen LogP contribution < -0.4 is 0 Å². The van der Waals surface area contributed by atoms with Gasteiger partial charge in [0.2, 0.25) is 0 Å². The molecule has 0 bridgehead atoms. The van der Waals surface area contributed by atoms with Crippen LogP contribution in [0.4, 0.5) is 0 Å². The van der Waals surface area contributed by atoms with Crippen LogP contribution in [0.5, 0.6) is 0 Å². The van der Waals surface area contributed by atoms with Gasteiger partial charge in [0, 0.05) is 29.2 Å². The first-order valence-electron chi connectivity index (χ1n) is 7.60. The van der Waals surface area contributed by atoms with E-state index in [2.05, 4.69) is 0 Å². The van der Waals surface area contributed by atoms with Crippen molar-refractivity contribution in [1.29, 1.82) is 0 Å². The lowest BCUT2D eigenvalue weighted by Crippen LogP contribution is -2.39. The van der Waals surface area contributed by atoms with Gasteiger partial charge in [0.15, 0.2) is 5.78 Å². The highest BCUT2D eigenvalue weighted by molar-refractivity contribution is 6.12. The highest BCUT2D eigenvalue weighted by Gasteiger charge is 2.31. The van der Waals surface area contributed by atoms with E-state index in [9.17, 15) is 9.59 Å². The molecule has 0 N–H and O–H groups in total. The number of hydrogen-bond acceptors (Lipinski definition) is 2. The van der Waals surface area contributed by atoms with Crippen LogP contribution in [0.1, 0.15) is 26.4 Å². The number of benzene rings is 2. The number of nitrogens with zero attached hydrogens (tertiary/aromatic N) is 2. The summed E-state index contributed by atoms with van der Waals surface area (Å²) in [6.07, 6.45) is 0. The maximum atomic E-state index is 12.7. The molecule has 0 fully saturated rings. The van der Waals surface area contributed by atoms with Crippen molar-refractivity contribution < 1.29 is 9.59 Å². The van der Waals surface area contributed by atoms with Crippen molar-refractivity contribution in [3.05, 3.63) is 71.4 Å². The van der Waals surface area contributed by atoms with Crippen LogP contribution in [0, 0.1) is 0 Å². The summed E-state index contributed by atoms with van der Waals surface area (Å²) in [5, 5.41) is 0.974. The van der Waals surface area contributed by atoms with E-state index in [1.807, 2.05) is 54.1 Å². The third kappa shape index (κ3) is 2.06. The van der Waals surface area contributed by atoms with Gasteiger partial charge in [-0.3, -0.25) is 9.59 Å². The SMILES string of the molecule is Cn1c2c(c3ccccc31)C(=O)CN(C(=O)c1ccccc1)C2. The minimum atomic E-state index is -0.102. The number of rotatable bonds is 1. The molecule has 4 rings (SSSR count). The molecule has 3 aromatic rings. The fourth-order valence-electron chi connectivity index (χ4n) is 3.34. The molecule has 2 heterocycles. The number of amides is 1. The number of carbonyl (C=O) groups is 2. The van der Waals surface area contributed by atoms with Crippen molar-refractivity contribution in [2.45, 2.75) is 6.54 Å². The molecular formula is C19H16N2O2. The van der Waals surface area contributed by atoms with Gasteiger partial charge in [0.1, 0.15) is 0 Å². The molecule has 0 saturated carbocycles. The first kappa shape index (κ1) is 13.8. The lowest BCUT2D eigenvalue weighted by atomic mass is 10.0. The van der Waals surface area contributed by atoms with Crippen LogP contribution in [-0.4, -0.2) is 27.7 Å². The van der Waals surface area contributed by atoms with E-state index in [1.165, 1.54) is 0 Å². The fraction of sp³-hybridized carbons (Fsp3) is 0.158. The summed E-state index contributed by atoms with van der Waals surface area (Å²) in [6, 6.07) is 17.0. The first-order valence-corrected chi connectivity index (χ1v) is 7.60. The summed E-state index contributed by atoms with van der Waals surface area (Å²) >= 11 is 0. The Morgan fingerprint density at radius 2 is 1.65 bits per heavy atom. The van der Waals surface area contributed by atoms with Gasteiger partial charge >= 0.3 is 0 Å². The number of aromatic nitrogens is 1. The molecule has 0 spiro atoms. The summed E-state index contributed by atoms with van der Waals surface area (Å²) in [5.41, 5.74) is 3.31. The highest BCUT2D eigenvalue weighted by atomic mass is 16.2. The van der Waals surface area contributed by atoms with Crippen LogP contribution in [0.2, 0.25) is 0 Å². The number of Topliss-reactive ketones (excluding diaryl/α,β-unsaturated/α-hetero) is 1. The average Bonchev–Trinajstić information content (AvgIpc) is 2.88. The van der Waals surface area contributed by atoms with Gasteiger partial charge in [-0.15, -0.1) is 0 Å². The molecule has 0 radical (unpaired) electrons. The van der Waals surface area contributed by atoms with Crippen LogP contribution in [0.25, 0.3) is 10.9 Å². The number of carbonyl (C=O) groups excluding carboxylic acids is 2. The van der Waals surface area contributed by atoms with E-state index in [0.29, 0.717) is 12.1 Å². The predicted octanol–water partition coefficient (Wildman–Crippen LogP) is 3.02. The summed E-state index contributed by atoms with van der Waals surface area (Å²) < 4.78 is 2.02. The van der Waals surface area contributed by atoms with Crippen molar-refractivity contribution in [3.63, 3.8) is 0 Å². The molecular weight excluding hydrogens is 288 g/mol. The minimum absolute atomic E-state index is 0.00679. The third-order valence-corrected chi connectivity index (χ3v) is 4.49. The van der Waals surface area contributed by atoms with Gasteiger partial charge in [-0.2, -0.15) is 0 Å². The summed E-state index contributed by atoms with van der Waals surface area (Å²) in [4.78, 5) is 26.9. The Labute approximate surface area is 133 Å². The molecule has 1 amide bonds. The second-order valence-electron chi connectivity index (χ2n) is 5.85. The van der Waals surface area contributed by atoms with Crippen LogP contribution >= 0.6 is 0 Å². The molecule has 0 unspecified atom stereocenters. The zero-order valence-corrected chi connectivity index (χ0v) is 12.8. The standard InChI is InChI=1S/C19H16N2O2/c1-20-15-10-6-5-9-14(15)18-16(20)11-21(12-17(18)22)19(23)13-7-3-2-4-8-13/h2-10H,11-12H2,1H3.